The van der Waals surface area contributed by atoms with E-state index in [4.69, 9.17) is 4.74 Å². The highest BCUT2D eigenvalue weighted by atomic mass is 16.5. The minimum atomic E-state index is 0.446. The van der Waals surface area contributed by atoms with Gasteiger partial charge in [0, 0.05) is 6.61 Å². The van der Waals surface area contributed by atoms with E-state index in [2.05, 4.69) is 20.8 Å². The monoisotopic (exact) mass is 157 g/mol. The predicted octanol–water partition coefficient (Wildman–Crippen LogP) is 3.20. The van der Waals surface area contributed by atoms with E-state index >= 15 is 0 Å². The van der Waals surface area contributed by atoms with E-state index in [0.29, 0.717) is 6.10 Å². The number of hydrogen-bond donors (Lipinski definition) is 0. The average molecular weight is 157 g/mol. The molecule has 0 rings (SSSR count). The Balaban J connectivity index is 3.02. The van der Waals surface area contributed by atoms with E-state index in [1.54, 1.807) is 0 Å². The Labute approximate surface area is 71.1 Å². The smallest absolute Gasteiger partial charge is 0.0547 e. The number of rotatable bonds is 7. The van der Waals surface area contributed by atoms with Crippen molar-refractivity contribution in [3.63, 3.8) is 0 Å². The van der Waals surface area contributed by atoms with Crippen LogP contribution < -0.4 is 0 Å². The molecule has 1 nitrogen and oxygen atoms in total. The van der Waals surface area contributed by atoms with Crippen molar-refractivity contribution in [2.75, 3.05) is 6.61 Å². The largest absolute Gasteiger partial charge is 0.379 e. The van der Waals surface area contributed by atoms with E-state index in [-0.39, 0.29) is 0 Å². The van der Waals surface area contributed by atoms with E-state index in [9.17, 15) is 0 Å². The van der Waals surface area contributed by atoms with Crippen molar-refractivity contribution in [3.05, 3.63) is 6.92 Å². The van der Waals surface area contributed by atoms with Crippen LogP contribution in [-0.2, 0) is 4.74 Å². The Kier molecular flexibility index (Phi) is 8.03. The van der Waals surface area contributed by atoms with Gasteiger partial charge in [-0.1, -0.05) is 33.1 Å². The molecule has 0 aliphatic rings. The highest BCUT2D eigenvalue weighted by Crippen LogP contribution is 2.04. The Morgan fingerprint density at radius 1 is 1.36 bits per heavy atom. The van der Waals surface area contributed by atoms with Crippen molar-refractivity contribution in [3.8, 4) is 0 Å². The molecule has 0 N–H and O–H groups in total. The Morgan fingerprint density at radius 2 is 2.09 bits per heavy atom. The zero-order valence-corrected chi connectivity index (χ0v) is 7.94. The Hall–Kier alpha value is -0.0400. The van der Waals surface area contributed by atoms with Gasteiger partial charge < -0.3 is 4.74 Å². The van der Waals surface area contributed by atoms with Crippen molar-refractivity contribution < 1.29 is 4.74 Å². The lowest BCUT2D eigenvalue weighted by Gasteiger charge is -2.11. The van der Waals surface area contributed by atoms with Crippen LogP contribution in [0.2, 0.25) is 0 Å². The van der Waals surface area contributed by atoms with E-state index in [1.165, 1.54) is 19.3 Å². The van der Waals surface area contributed by atoms with Crippen LogP contribution in [-0.4, -0.2) is 12.7 Å². The summed E-state index contributed by atoms with van der Waals surface area (Å²) in [5.41, 5.74) is 0. The van der Waals surface area contributed by atoms with Crippen molar-refractivity contribution >= 4 is 0 Å². The van der Waals surface area contributed by atoms with Gasteiger partial charge in [0.25, 0.3) is 0 Å². The van der Waals surface area contributed by atoms with Crippen LogP contribution >= 0.6 is 0 Å². The summed E-state index contributed by atoms with van der Waals surface area (Å²) in [4.78, 5) is 0. The van der Waals surface area contributed by atoms with Crippen LogP contribution in [0.15, 0.2) is 0 Å². The van der Waals surface area contributed by atoms with Gasteiger partial charge in [-0.2, -0.15) is 0 Å². The summed E-state index contributed by atoms with van der Waals surface area (Å²) in [6.45, 7) is 9.01. The van der Waals surface area contributed by atoms with Gasteiger partial charge in [-0.25, -0.2) is 0 Å². The van der Waals surface area contributed by atoms with E-state index < -0.39 is 0 Å². The van der Waals surface area contributed by atoms with Crippen LogP contribution in [0.3, 0.4) is 0 Å². The summed E-state index contributed by atoms with van der Waals surface area (Å²) in [6, 6.07) is 0. The normalized spacial score (nSPS) is 13.4. The maximum Gasteiger partial charge on any atom is 0.0547 e. The minimum Gasteiger partial charge on any atom is -0.379 e. The first-order valence-electron chi connectivity index (χ1n) is 4.72. The number of hydrogen-bond acceptors (Lipinski definition) is 1. The topological polar surface area (TPSA) is 9.23 Å². The quantitative estimate of drug-likeness (QED) is 0.516. The van der Waals surface area contributed by atoms with Gasteiger partial charge >= 0.3 is 0 Å². The molecule has 0 fully saturated rings. The van der Waals surface area contributed by atoms with Gasteiger partial charge in [0.2, 0.25) is 0 Å². The molecule has 0 aliphatic heterocycles. The third-order valence-electron chi connectivity index (χ3n) is 1.76. The summed E-state index contributed by atoms with van der Waals surface area (Å²) in [5.74, 6) is 0. The van der Waals surface area contributed by atoms with Crippen LogP contribution in [0.4, 0.5) is 0 Å². The molecule has 1 radical (unpaired) electrons. The van der Waals surface area contributed by atoms with Gasteiger partial charge in [0.15, 0.2) is 0 Å². The predicted molar refractivity (Wildman–Crippen MR) is 49.5 cm³/mol. The molecule has 0 spiro atoms. The zero-order valence-electron chi connectivity index (χ0n) is 7.94. The highest BCUT2D eigenvalue weighted by molar-refractivity contribution is 4.50. The fourth-order valence-corrected chi connectivity index (χ4v) is 0.961. The zero-order chi connectivity index (χ0) is 8.53. The lowest BCUT2D eigenvalue weighted by atomic mass is 10.2. The summed E-state index contributed by atoms with van der Waals surface area (Å²) < 4.78 is 5.54. The molecule has 1 heteroatoms. The molecule has 1 unspecified atom stereocenters. The average Bonchev–Trinajstić information content (AvgIpc) is 2.01. The first kappa shape index (κ1) is 11.0. The molecule has 11 heavy (non-hydrogen) atoms. The number of ether oxygens (including phenoxy) is 1. The molecule has 0 saturated carbocycles. The van der Waals surface area contributed by atoms with Crippen molar-refractivity contribution in [1.82, 2.24) is 0 Å². The van der Waals surface area contributed by atoms with Crippen LogP contribution in [0.5, 0.6) is 0 Å². The standard InChI is InChI=1S/C10H21O/c1-4-6-8-10(3)11-9-7-5-2/h10H,2,4-9H2,1,3H3. The number of unbranched alkanes of at least 4 members (excludes halogenated alkanes) is 2. The van der Waals surface area contributed by atoms with Crippen molar-refractivity contribution in [2.45, 2.75) is 52.1 Å². The van der Waals surface area contributed by atoms with Crippen LogP contribution in [0, 0.1) is 6.92 Å². The first-order valence-corrected chi connectivity index (χ1v) is 4.72. The fourth-order valence-electron chi connectivity index (χ4n) is 0.961. The van der Waals surface area contributed by atoms with E-state index in [1.807, 2.05) is 0 Å². The molecule has 0 aromatic heterocycles. The molecule has 0 amide bonds. The second kappa shape index (κ2) is 8.06. The van der Waals surface area contributed by atoms with E-state index in [0.717, 1.165) is 19.4 Å². The molecule has 0 heterocycles. The summed E-state index contributed by atoms with van der Waals surface area (Å²) in [7, 11) is 0. The molecule has 0 aromatic carbocycles. The summed E-state index contributed by atoms with van der Waals surface area (Å²) >= 11 is 0. The van der Waals surface area contributed by atoms with Crippen molar-refractivity contribution in [2.24, 2.45) is 0 Å². The van der Waals surface area contributed by atoms with Gasteiger partial charge in [-0.3, -0.25) is 0 Å². The lowest BCUT2D eigenvalue weighted by molar-refractivity contribution is 0.0576. The fraction of sp³-hybridized carbons (Fsp3) is 0.900. The minimum absolute atomic E-state index is 0.446. The van der Waals surface area contributed by atoms with Gasteiger partial charge in [-0.15, -0.1) is 0 Å². The third-order valence-corrected chi connectivity index (χ3v) is 1.76. The molecular formula is C10H21O. The molecule has 0 bridgehead atoms. The molecule has 0 aliphatic carbocycles. The molecule has 67 valence electrons. The summed E-state index contributed by atoms with van der Waals surface area (Å²) in [5, 5.41) is 0. The SMILES string of the molecule is [CH2]CCCOC(C)CCCC. The maximum atomic E-state index is 5.54. The van der Waals surface area contributed by atoms with Gasteiger partial charge in [0.05, 0.1) is 6.10 Å². The molecule has 1 atom stereocenters. The first-order chi connectivity index (χ1) is 5.31. The molecule has 0 saturated heterocycles. The van der Waals surface area contributed by atoms with Crippen LogP contribution in [0.25, 0.3) is 0 Å². The third kappa shape index (κ3) is 7.86. The lowest BCUT2D eigenvalue weighted by Crippen LogP contribution is -2.08. The highest BCUT2D eigenvalue weighted by Gasteiger charge is 1.99. The maximum absolute atomic E-state index is 5.54. The van der Waals surface area contributed by atoms with Crippen molar-refractivity contribution in [1.29, 1.82) is 0 Å². The van der Waals surface area contributed by atoms with Crippen LogP contribution in [0.1, 0.15) is 46.0 Å². The second-order valence-electron chi connectivity index (χ2n) is 3.03. The molecular weight excluding hydrogens is 136 g/mol. The second-order valence-corrected chi connectivity index (χ2v) is 3.03. The van der Waals surface area contributed by atoms with Gasteiger partial charge in [0.1, 0.15) is 0 Å². The Morgan fingerprint density at radius 3 is 2.64 bits per heavy atom. The van der Waals surface area contributed by atoms with Gasteiger partial charge in [-0.05, 0) is 19.8 Å². The molecule has 0 aromatic rings. The Bertz CT molecular complexity index is 71.3. The summed E-state index contributed by atoms with van der Waals surface area (Å²) in [6.07, 6.45) is 6.28.